The van der Waals surface area contributed by atoms with Crippen molar-refractivity contribution in [2.75, 3.05) is 31.5 Å². The maximum absolute atomic E-state index is 13.1. The van der Waals surface area contributed by atoms with Crippen LogP contribution in [0, 0.1) is 11.8 Å². The van der Waals surface area contributed by atoms with E-state index in [0.717, 1.165) is 45.2 Å². The number of carbonyl (C=O) groups excluding carboxylic acids is 4. The predicted octanol–water partition coefficient (Wildman–Crippen LogP) is 2.48. The number of amides is 4. The van der Waals surface area contributed by atoms with Crippen molar-refractivity contribution in [2.45, 2.75) is 77.3 Å². The molecule has 2 atom stereocenters. The Labute approximate surface area is 235 Å². The Kier molecular flexibility index (Phi) is 11.5. The number of benzene rings is 1. The van der Waals surface area contributed by atoms with E-state index in [-0.39, 0.29) is 23.9 Å². The van der Waals surface area contributed by atoms with Gasteiger partial charge in [-0.2, -0.15) is 0 Å². The van der Waals surface area contributed by atoms with E-state index in [9.17, 15) is 29.1 Å². The summed E-state index contributed by atoms with van der Waals surface area (Å²) in [6.07, 6.45) is 6.68. The monoisotopic (exact) mass is 557 g/mol. The summed E-state index contributed by atoms with van der Waals surface area (Å²) in [6, 6.07) is 6.08. The molecule has 1 unspecified atom stereocenters. The molecule has 2 aliphatic rings. The van der Waals surface area contributed by atoms with Crippen molar-refractivity contribution in [3.8, 4) is 0 Å². The normalized spacial score (nSPS) is 19.2. The molecule has 220 valence electrons. The fraction of sp³-hybridized carbons (Fsp3) is 0.621. The SMILES string of the molecule is CCCCC(=O)Nc1ccc(C(=O)N[C@@](C)(NC(=O)C2CCCN(C(=O)CCC3CCNCC3)C2)C(=O)O)cc1. The molecule has 5 N–H and O–H groups in total. The minimum atomic E-state index is -2.05. The summed E-state index contributed by atoms with van der Waals surface area (Å²) in [6.45, 7) is 5.98. The standard InChI is InChI=1S/C29H43N5O6/c1-3-4-7-24(35)31-23-11-9-21(10-12-23)26(37)32-29(2,28(39)40)33-27(38)22-6-5-18-34(19-22)25(36)13-8-20-14-16-30-17-15-20/h9-12,20,22,30H,3-8,13-19H2,1-2H3,(H,31,35)(H,32,37)(H,33,38)(H,39,40)/t22?,29-/m0/s1. The van der Waals surface area contributed by atoms with Gasteiger partial charge in [0.05, 0.1) is 5.92 Å². The number of hydrogen-bond acceptors (Lipinski definition) is 6. The molecule has 1 aromatic rings. The first kappa shape index (κ1) is 31.1. The molecule has 0 aromatic heterocycles. The van der Waals surface area contributed by atoms with E-state index in [1.165, 1.54) is 19.1 Å². The van der Waals surface area contributed by atoms with Gasteiger partial charge in [0.25, 0.3) is 5.91 Å². The van der Waals surface area contributed by atoms with E-state index >= 15 is 0 Å². The molecule has 0 saturated carbocycles. The van der Waals surface area contributed by atoms with E-state index in [0.29, 0.717) is 43.8 Å². The van der Waals surface area contributed by atoms with Gasteiger partial charge in [-0.1, -0.05) is 13.3 Å². The maximum atomic E-state index is 13.1. The average Bonchev–Trinajstić information content (AvgIpc) is 2.95. The van der Waals surface area contributed by atoms with Crippen LogP contribution in [0.5, 0.6) is 0 Å². The second kappa shape index (κ2) is 14.8. The highest BCUT2D eigenvalue weighted by Gasteiger charge is 2.39. The van der Waals surface area contributed by atoms with E-state index in [2.05, 4.69) is 21.3 Å². The Morgan fingerprint density at radius 3 is 2.38 bits per heavy atom. The largest absolute Gasteiger partial charge is 0.478 e. The number of hydrogen-bond donors (Lipinski definition) is 5. The highest BCUT2D eigenvalue weighted by Crippen LogP contribution is 2.22. The molecule has 0 aliphatic carbocycles. The number of anilines is 1. The van der Waals surface area contributed by atoms with Gasteiger partial charge in [0.15, 0.2) is 0 Å². The number of nitrogens with one attached hydrogen (secondary N) is 4. The number of likely N-dealkylation sites (tertiary alicyclic amines) is 1. The molecule has 4 amide bonds. The zero-order chi connectivity index (χ0) is 29.1. The number of rotatable bonds is 12. The first-order chi connectivity index (χ1) is 19.1. The van der Waals surface area contributed by atoms with Crippen molar-refractivity contribution in [1.82, 2.24) is 20.9 Å². The highest BCUT2D eigenvalue weighted by molar-refractivity contribution is 5.99. The lowest BCUT2D eigenvalue weighted by atomic mass is 9.92. The molecule has 0 spiro atoms. The van der Waals surface area contributed by atoms with Crippen LogP contribution in [0.3, 0.4) is 0 Å². The van der Waals surface area contributed by atoms with Gasteiger partial charge in [-0.15, -0.1) is 0 Å². The third-order valence-electron chi connectivity index (χ3n) is 7.72. The Morgan fingerprint density at radius 2 is 1.73 bits per heavy atom. The number of carboxylic acids is 1. The molecule has 2 saturated heterocycles. The van der Waals surface area contributed by atoms with Gasteiger partial charge in [0, 0.05) is 37.2 Å². The number of piperidine rings is 2. The Morgan fingerprint density at radius 1 is 1.02 bits per heavy atom. The molecule has 11 heteroatoms. The van der Waals surface area contributed by atoms with E-state index < -0.39 is 29.4 Å². The average molecular weight is 558 g/mol. The lowest BCUT2D eigenvalue weighted by Crippen LogP contribution is -2.65. The molecule has 0 bridgehead atoms. The fourth-order valence-corrected chi connectivity index (χ4v) is 5.13. The van der Waals surface area contributed by atoms with Crippen LogP contribution in [-0.2, 0) is 19.2 Å². The van der Waals surface area contributed by atoms with Crippen LogP contribution in [-0.4, -0.2) is 71.4 Å². The molecular weight excluding hydrogens is 514 g/mol. The van der Waals surface area contributed by atoms with Gasteiger partial charge < -0.3 is 31.3 Å². The number of carbonyl (C=O) groups is 5. The molecule has 2 heterocycles. The Hall–Kier alpha value is -3.47. The Balaban J connectivity index is 1.55. The van der Waals surface area contributed by atoms with E-state index in [1.54, 1.807) is 17.0 Å². The van der Waals surface area contributed by atoms with Gasteiger partial charge in [-0.25, -0.2) is 4.79 Å². The van der Waals surface area contributed by atoms with Crippen LogP contribution in [0.2, 0.25) is 0 Å². The second-order valence-electron chi connectivity index (χ2n) is 11.0. The molecular formula is C29H43N5O6. The number of unbranched alkanes of at least 4 members (excludes halogenated alkanes) is 1. The van der Waals surface area contributed by atoms with Crippen molar-refractivity contribution >= 4 is 35.3 Å². The lowest BCUT2D eigenvalue weighted by Gasteiger charge is -2.35. The minimum Gasteiger partial charge on any atom is -0.478 e. The van der Waals surface area contributed by atoms with Gasteiger partial charge in [-0.05, 0) is 88.7 Å². The third kappa shape index (κ3) is 9.04. The van der Waals surface area contributed by atoms with Crippen LogP contribution in [0.15, 0.2) is 24.3 Å². The molecule has 2 aliphatic heterocycles. The van der Waals surface area contributed by atoms with Crippen molar-refractivity contribution < 1.29 is 29.1 Å². The molecule has 2 fully saturated rings. The highest BCUT2D eigenvalue weighted by atomic mass is 16.4. The van der Waals surface area contributed by atoms with Crippen LogP contribution in [0.1, 0.15) is 82.0 Å². The van der Waals surface area contributed by atoms with Crippen molar-refractivity contribution in [3.05, 3.63) is 29.8 Å². The summed E-state index contributed by atoms with van der Waals surface area (Å²) in [4.78, 5) is 64.6. The molecule has 3 rings (SSSR count). The maximum Gasteiger partial charge on any atom is 0.350 e. The van der Waals surface area contributed by atoms with Gasteiger partial charge in [0.2, 0.25) is 23.4 Å². The van der Waals surface area contributed by atoms with Gasteiger partial charge in [0.1, 0.15) is 0 Å². The summed E-state index contributed by atoms with van der Waals surface area (Å²) in [7, 11) is 0. The fourth-order valence-electron chi connectivity index (χ4n) is 5.13. The number of carboxylic acid groups (broad SMARTS) is 1. The molecule has 11 nitrogen and oxygen atoms in total. The van der Waals surface area contributed by atoms with Crippen molar-refractivity contribution in [3.63, 3.8) is 0 Å². The van der Waals surface area contributed by atoms with Crippen LogP contribution in [0.4, 0.5) is 5.69 Å². The summed E-state index contributed by atoms with van der Waals surface area (Å²) in [5.41, 5.74) is -1.35. The smallest absolute Gasteiger partial charge is 0.350 e. The molecule has 40 heavy (non-hydrogen) atoms. The summed E-state index contributed by atoms with van der Waals surface area (Å²) < 4.78 is 0. The lowest BCUT2D eigenvalue weighted by molar-refractivity contribution is -0.149. The molecule has 1 aromatic carbocycles. The van der Waals surface area contributed by atoms with E-state index in [4.69, 9.17) is 0 Å². The topological polar surface area (TPSA) is 157 Å². The number of aliphatic carboxylic acids is 1. The quantitative estimate of drug-likeness (QED) is 0.247. The second-order valence-corrected chi connectivity index (χ2v) is 11.0. The Bertz CT molecular complexity index is 1060. The van der Waals surface area contributed by atoms with E-state index in [1.807, 2.05) is 6.92 Å². The van der Waals surface area contributed by atoms with Crippen molar-refractivity contribution in [2.24, 2.45) is 11.8 Å². The van der Waals surface area contributed by atoms with Crippen LogP contribution in [0.25, 0.3) is 0 Å². The van der Waals surface area contributed by atoms with Crippen LogP contribution < -0.4 is 21.3 Å². The first-order valence-electron chi connectivity index (χ1n) is 14.4. The summed E-state index contributed by atoms with van der Waals surface area (Å²) in [5, 5.41) is 20.9. The number of nitrogens with zero attached hydrogens (tertiary/aromatic N) is 1. The summed E-state index contributed by atoms with van der Waals surface area (Å²) in [5.74, 6) is -2.75. The van der Waals surface area contributed by atoms with Crippen molar-refractivity contribution in [1.29, 1.82) is 0 Å². The third-order valence-corrected chi connectivity index (χ3v) is 7.72. The summed E-state index contributed by atoms with van der Waals surface area (Å²) >= 11 is 0. The van der Waals surface area contributed by atoms with Gasteiger partial charge in [-0.3, -0.25) is 19.2 Å². The zero-order valence-electron chi connectivity index (χ0n) is 23.6. The zero-order valence-corrected chi connectivity index (χ0v) is 23.6. The van der Waals surface area contributed by atoms with Gasteiger partial charge >= 0.3 is 5.97 Å². The minimum absolute atomic E-state index is 0.0235. The predicted molar refractivity (Wildman–Crippen MR) is 150 cm³/mol. The van der Waals surface area contributed by atoms with Crippen LogP contribution >= 0.6 is 0 Å². The molecule has 0 radical (unpaired) electrons. The first-order valence-corrected chi connectivity index (χ1v) is 14.4.